The van der Waals surface area contributed by atoms with Gasteiger partial charge in [0.25, 0.3) is 0 Å². The Morgan fingerprint density at radius 2 is 2.05 bits per heavy atom. The third-order valence-electron chi connectivity index (χ3n) is 3.04. The first-order valence-corrected chi connectivity index (χ1v) is 7.57. The summed E-state index contributed by atoms with van der Waals surface area (Å²) in [4.78, 5) is 4.96. The van der Waals surface area contributed by atoms with E-state index in [4.69, 9.17) is 18.0 Å². The average molecular weight is 344 g/mol. The molecule has 0 bridgehead atoms. The summed E-state index contributed by atoms with van der Waals surface area (Å²) in [6, 6.07) is 6.49. The Kier molecular flexibility index (Phi) is 6.23. The van der Waals surface area contributed by atoms with Crippen LogP contribution < -0.4 is 10.6 Å². The first-order valence-electron chi connectivity index (χ1n) is 6.37. The molecular formula is C14H22BrN3S. The van der Waals surface area contributed by atoms with E-state index in [1.54, 1.807) is 0 Å². The maximum Gasteiger partial charge on any atom is 0.106 e. The van der Waals surface area contributed by atoms with Gasteiger partial charge in [0.05, 0.1) is 0 Å². The molecule has 5 heteroatoms. The highest BCUT2D eigenvalue weighted by Crippen LogP contribution is 2.26. The Morgan fingerprint density at radius 1 is 1.42 bits per heavy atom. The molecule has 3 nitrogen and oxygen atoms in total. The van der Waals surface area contributed by atoms with E-state index in [9.17, 15) is 0 Å². The molecule has 2 N–H and O–H groups in total. The number of nitrogens with two attached hydrogens (primary N) is 1. The van der Waals surface area contributed by atoms with Crippen molar-refractivity contribution in [3.8, 4) is 0 Å². The SMILES string of the molecule is CCN(c1ccc(Br)cc1C(N)=S)C(C)CN(C)C. The summed E-state index contributed by atoms with van der Waals surface area (Å²) < 4.78 is 0.996. The number of hydrogen-bond donors (Lipinski definition) is 1. The standard InChI is InChI=1S/C14H22BrN3S/c1-5-18(10(2)9-17(3)4)13-7-6-11(15)8-12(13)14(16)19/h6-8,10H,5,9H2,1-4H3,(H2,16,19). The Bertz CT molecular complexity index is 448. The van der Waals surface area contributed by atoms with Gasteiger partial charge in [0.1, 0.15) is 4.99 Å². The Balaban J connectivity index is 3.14. The smallest absolute Gasteiger partial charge is 0.106 e. The van der Waals surface area contributed by atoms with Gasteiger partial charge < -0.3 is 15.5 Å². The first kappa shape index (κ1) is 16.4. The lowest BCUT2D eigenvalue weighted by molar-refractivity contribution is 0.373. The molecule has 106 valence electrons. The minimum atomic E-state index is 0.397. The minimum Gasteiger partial charge on any atom is -0.389 e. The highest BCUT2D eigenvalue weighted by molar-refractivity contribution is 9.10. The van der Waals surface area contributed by atoms with Crippen LogP contribution in [-0.2, 0) is 0 Å². The molecule has 0 saturated heterocycles. The number of halogens is 1. The van der Waals surface area contributed by atoms with E-state index in [1.807, 2.05) is 12.1 Å². The molecule has 1 aromatic rings. The van der Waals surface area contributed by atoms with Crippen molar-refractivity contribution >= 4 is 38.8 Å². The molecular weight excluding hydrogens is 322 g/mol. The van der Waals surface area contributed by atoms with E-state index in [1.165, 1.54) is 0 Å². The number of thiocarbonyl (C=S) groups is 1. The number of benzene rings is 1. The maximum atomic E-state index is 5.85. The van der Waals surface area contributed by atoms with Gasteiger partial charge in [0.2, 0.25) is 0 Å². The van der Waals surface area contributed by atoms with E-state index in [0.29, 0.717) is 11.0 Å². The zero-order valence-corrected chi connectivity index (χ0v) is 14.4. The van der Waals surface area contributed by atoms with Crippen LogP contribution in [0, 0.1) is 0 Å². The average Bonchev–Trinajstić information content (AvgIpc) is 2.30. The van der Waals surface area contributed by atoms with Gasteiger partial charge in [0.15, 0.2) is 0 Å². The predicted octanol–water partition coefficient (Wildman–Crippen LogP) is 2.86. The van der Waals surface area contributed by atoms with Crippen LogP contribution in [-0.4, -0.2) is 43.1 Å². The second kappa shape index (κ2) is 7.22. The monoisotopic (exact) mass is 343 g/mol. The second-order valence-corrected chi connectivity index (χ2v) is 6.28. The highest BCUT2D eigenvalue weighted by atomic mass is 79.9. The largest absolute Gasteiger partial charge is 0.389 e. The molecule has 0 radical (unpaired) electrons. The Hall–Kier alpha value is -0.650. The van der Waals surface area contributed by atoms with Gasteiger partial charge in [-0.15, -0.1) is 0 Å². The molecule has 0 saturated carbocycles. The van der Waals surface area contributed by atoms with Crippen molar-refractivity contribution in [2.45, 2.75) is 19.9 Å². The van der Waals surface area contributed by atoms with Crippen LogP contribution in [0.4, 0.5) is 5.69 Å². The van der Waals surface area contributed by atoms with E-state index in [2.05, 4.69) is 59.7 Å². The molecule has 0 heterocycles. The van der Waals surface area contributed by atoms with Crippen LogP contribution in [0.3, 0.4) is 0 Å². The Morgan fingerprint density at radius 3 is 2.53 bits per heavy atom. The van der Waals surface area contributed by atoms with Gasteiger partial charge in [0, 0.05) is 34.9 Å². The lowest BCUT2D eigenvalue weighted by Gasteiger charge is -2.33. The van der Waals surface area contributed by atoms with Crippen molar-refractivity contribution in [2.24, 2.45) is 5.73 Å². The van der Waals surface area contributed by atoms with Crippen LogP contribution in [0.15, 0.2) is 22.7 Å². The van der Waals surface area contributed by atoms with Crippen molar-refractivity contribution in [3.63, 3.8) is 0 Å². The molecule has 0 fully saturated rings. The summed E-state index contributed by atoms with van der Waals surface area (Å²) in [7, 11) is 4.17. The third kappa shape index (κ3) is 4.44. The molecule has 0 aliphatic carbocycles. The van der Waals surface area contributed by atoms with E-state index in [0.717, 1.165) is 28.8 Å². The third-order valence-corrected chi connectivity index (χ3v) is 3.75. The van der Waals surface area contributed by atoms with Crippen molar-refractivity contribution in [2.75, 3.05) is 32.1 Å². The number of hydrogen-bond acceptors (Lipinski definition) is 3. The Labute approximate surface area is 129 Å². The van der Waals surface area contributed by atoms with E-state index in [-0.39, 0.29) is 0 Å². The summed E-state index contributed by atoms with van der Waals surface area (Å²) in [5.74, 6) is 0. The second-order valence-electron chi connectivity index (χ2n) is 4.92. The highest BCUT2D eigenvalue weighted by Gasteiger charge is 2.18. The van der Waals surface area contributed by atoms with Crippen molar-refractivity contribution in [3.05, 3.63) is 28.2 Å². The van der Waals surface area contributed by atoms with Crippen LogP contribution in [0.25, 0.3) is 0 Å². The predicted molar refractivity (Wildman–Crippen MR) is 91.1 cm³/mol. The molecule has 0 aliphatic heterocycles. The molecule has 0 amide bonds. The summed E-state index contributed by atoms with van der Waals surface area (Å²) in [6.45, 7) is 6.28. The number of rotatable bonds is 6. The molecule has 0 spiro atoms. The maximum absolute atomic E-state index is 5.85. The van der Waals surface area contributed by atoms with Gasteiger partial charge in [-0.05, 0) is 46.1 Å². The first-order chi connectivity index (χ1) is 8.86. The summed E-state index contributed by atoms with van der Waals surface area (Å²) in [5, 5.41) is 0. The zero-order valence-electron chi connectivity index (χ0n) is 12.0. The van der Waals surface area contributed by atoms with Gasteiger partial charge in [-0.25, -0.2) is 0 Å². The molecule has 1 atom stereocenters. The number of nitrogens with zero attached hydrogens (tertiary/aromatic N) is 2. The van der Waals surface area contributed by atoms with Crippen molar-refractivity contribution < 1.29 is 0 Å². The molecule has 0 aromatic heterocycles. The van der Waals surface area contributed by atoms with Crippen LogP contribution in [0.5, 0.6) is 0 Å². The molecule has 1 aromatic carbocycles. The fourth-order valence-electron chi connectivity index (χ4n) is 2.30. The molecule has 0 aliphatic rings. The van der Waals surface area contributed by atoms with Gasteiger partial charge in [-0.2, -0.15) is 0 Å². The fourth-order valence-corrected chi connectivity index (χ4v) is 2.83. The van der Waals surface area contributed by atoms with Crippen LogP contribution in [0.2, 0.25) is 0 Å². The molecule has 1 rings (SSSR count). The van der Waals surface area contributed by atoms with Crippen molar-refractivity contribution in [1.29, 1.82) is 0 Å². The summed E-state index contributed by atoms with van der Waals surface area (Å²) >= 11 is 8.64. The number of anilines is 1. The van der Waals surface area contributed by atoms with Crippen LogP contribution in [0.1, 0.15) is 19.4 Å². The van der Waals surface area contributed by atoms with Gasteiger partial charge in [-0.1, -0.05) is 28.1 Å². The minimum absolute atomic E-state index is 0.397. The van der Waals surface area contributed by atoms with E-state index >= 15 is 0 Å². The fraction of sp³-hybridized carbons (Fsp3) is 0.500. The molecule has 1 unspecified atom stereocenters. The normalized spacial score (nSPS) is 12.5. The van der Waals surface area contributed by atoms with E-state index < -0.39 is 0 Å². The van der Waals surface area contributed by atoms with Crippen LogP contribution >= 0.6 is 28.1 Å². The lowest BCUT2D eigenvalue weighted by Crippen LogP contribution is -2.41. The summed E-state index contributed by atoms with van der Waals surface area (Å²) in [5.41, 5.74) is 7.88. The molecule has 19 heavy (non-hydrogen) atoms. The van der Waals surface area contributed by atoms with Gasteiger partial charge in [-0.3, -0.25) is 0 Å². The van der Waals surface area contributed by atoms with Gasteiger partial charge >= 0.3 is 0 Å². The quantitative estimate of drug-likeness (QED) is 0.805. The lowest BCUT2D eigenvalue weighted by atomic mass is 10.1. The number of likely N-dealkylation sites (N-methyl/N-ethyl adjacent to an activating group) is 2. The van der Waals surface area contributed by atoms with Crippen molar-refractivity contribution in [1.82, 2.24) is 4.90 Å². The zero-order chi connectivity index (χ0) is 14.6. The summed E-state index contributed by atoms with van der Waals surface area (Å²) in [6.07, 6.45) is 0. The topological polar surface area (TPSA) is 32.5 Å².